The van der Waals surface area contributed by atoms with Crippen molar-refractivity contribution in [3.05, 3.63) is 60.2 Å². The molecule has 5 rings (SSSR count). The van der Waals surface area contributed by atoms with Crippen molar-refractivity contribution in [1.82, 2.24) is 10.2 Å². The maximum atomic E-state index is 13.6. The van der Waals surface area contributed by atoms with E-state index in [2.05, 4.69) is 37.2 Å². The molecule has 5 atom stereocenters. The largest absolute Gasteiger partial charge is 0.346 e. The van der Waals surface area contributed by atoms with Gasteiger partial charge < -0.3 is 10.2 Å². The molecule has 232 valence electrons. The molecule has 0 aromatic heterocycles. The Labute approximate surface area is 270 Å². The summed E-state index contributed by atoms with van der Waals surface area (Å²) in [6.07, 6.45) is 9.07. The number of carbonyl (C=O) groups is 4. The first kappa shape index (κ1) is 32.1. The average Bonchev–Trinajstić information content (AvgIpc) is 3.69. The minimum atomic E-state index is -0.595. The van der Waals surface area contributed by atoms with Crippen molar-refractivity contribution >= 4 is 44.0 Å². The van der Waals surface area contributed by atoms with Crippen LogP contribution in [0, 0.1) is 35.0 Å². The molecule has 43 heavy (non-hydrogen) atoms. The van der Waals surface area contributed by atoms with Crippen LogP contribution in [-0.2, 0) is 19.2 Å². The molecule has 1 aliphatic heterocycles. The van der Waals surface area contributed by atoms with Gasteiger partial charge in [-0.25, -0.2) is 0 Å². The van der Waals surface area contributed by atoms with Crippen LogP contribution in [0.25, 0.3) is 0 Å². The van der Waals surface area contributed by atoms with Crippen LogP contribution in [0.5, 0.6) is 0 Å². The van der Waals surface area contributed by atoms with Crippen LogP contribution < -0.4 is 5.32 Å². The lowest BCUT2D eigenvalue weighted by Gasteiger charge is -2.34. The Hall–Kier alpha value is -2.29. The summed E-state index contributed by atoms with van der Waals surface area (Å²) < 4.78 is 0.0131. The molecule has 0 bridgehead atoms. The minimum Gasteiger partial charge on any atom is -0.346 e. The molecule has 1 aromatic rings. The molecule has 0 spiro atoms. The second-order valence-electron chi connectivity index (χ2n) is 14.3. The highest BCUT2D eigenvalue weighted by Gasteiger charge is 2.67. The van der Waals surface area contributed by atoms with Gasteiger partial charge in [0.2, 0.25) is 11.7 Å². The summed E-state index contributed by atoms with van der Waals surface area (Å²) in [5.74, 6) is 0.277. The summed E-state index contributed by atoms with van der Waals surface area (Å²) in [6.45, 7) is 14.1. The van der Waals surface area contributed by atoms with Gasteiger partial charge in [0.1, 0.15) is 0 Å². The number of piperidine rings is 1. The topological polar surface area (TPSA) is 83.6 Å². The van der Waals surface area contributed by atoms with E-state index in [9.17, 15) is 19.2 Å². The van der Waals surface area contributed by atoms with Crippen molar-refractivity contribution in [2.45, 2.75) is 90.0 Å². The quantitative estimate of drug-likeness (QED) is 0.0947. The van der Waals surface area contributed by atoms with Crippen molar-refractivity contribution < 1.29 is 19.2 Å². The van der Waals surface area contributed by atoms with E-state index in [1.165, 1.54) is 12.8 Å². The van der Waals surface area contributed by atoms with Crippen molar-refractivity contribution in [2.75, 3.05) is 13.1 Å². The second-order valence-corrected chi connectivity index (χ2v) is 15.4. The van der Waals surface area contributed by atoms with E-state index in [0.29, 0.717) is 54.9 Å². The van der Waals surface area contributed by atoms with Gasteiger partial charge in [0.15, 0.2) is 3.79 Å². The summed E-state index contributed by atoms with van der Waals surface area (Å²) >= 11 is 1.82. The lowest BCUT2D eigenvalue weighted by molar-refractivity contribution is -0.140. The molecule has 7 heteroatoms. The van der Waals surface area contributed by atoms with Gasteiger partial charge in [-0.1, -0.05) is 94.2 Å². The Morgan fingerprint density at radius 2 is 1.67 bits per heavy atom. The van der Waals surface area contributed by atoms with Crippen LogP contribution >= 0.6 is 22.6 Å². The predicted octanol–water partition coefficient (Wildman–Crippen LogP) is 6.79. The van der Waals surface area contributed by atoms with Gasteiger partial charge in [-0.05, 0) is 66.8 Å². The Bertz CT molecular complexity index is 1260. The number of ketones is 1. The Kier molecular flexibility index (Phi) is 9.99. The highest BCUT2D eigenvalue weighted by atomic mass is 127. The number of hydrogen-bond acceptors (Lipinski definition) is 4. The van der Waals surface area contributed by atoms with Gasteiger partial charge in [-0.15, -0.1) is 0 Å². The molecular formula is C36H47IN2O4. The average molecular weight is 699 g/mol. The number of nitrogens with zero attached hydrogens (tertiary/aromatic N) is 1. The summed E-state index contributed by atoms with van der Waals surface area (Å²) in [5, 5.41) is 2.80. The number of fused-ring (bicyclic) bond motifs is 1. The number of carbonyl (C=O) groups excluding carboxylic acids is 4. The van der Waals surface area contributed by atoms with Gasteiger partial charge in [0.05, 0.1) is 12.0 Å². The maximum absolute atomic E-state index is 13.6. The normalized spacial score (nSPS) is 25.5. The van der Waals surface area contributed by atoms with Gasteiger partial charge >= 0.3 is 0 Å². The third-order valence-corrected chi connectivity index (χ3v) is 11.5. The third kappa shape index (κ3) is 7.51. The summed E-state index contributed by atoms with van der Waals surface area (Å²) in [5.41, 5.74) is 2.72. The number of Topliss-reactive ketones (excluding diaryl/α,β-unsaturated/α-hetero) is 1. The fraction of sp³-hybridized carbons (Fsp3) is 0.611. The summed E-state index contributed by atoms with van der Waals surface area (Å²) in [4.78, 5) is 54.6. The summed E-state index contributed by atoms with van der Waals surface area (Å²) in [6, 6.07) is 9.51. The fourth-order valence-electron chi connectivity index (χ4n) is 7.92. The predicted molar refractivity (Wildman–Crippen MR) is 177 cm³/mol. The van der Waals surface area contributed by atoms with Crippen molar-refractivity contribution in [1.29, 1.82) is 0 Å². The maximum Gasteiger partial charge on any atom is 0.287 e. The lowest BCUT2D eigenvalue weighted by Crippen LogP contribution is -2.43. The SMILES string of the molecule is C=C(CNC(=O)C(=O)C(CC(=C)C1C2C(CN1C(=O)CC1CCCC1)C2(C)C)CC1CC1)C[C@H](C(=O)I)c1ccccc1. The molecule has 3 saturated carbocycles. The molecular weight excluding hydrogens is 651 g/mol. The first-order chi connectivity index (χ1) is 20.5. The third-order valence-electron chi connectivity index (χ3n) is 10.8. The Morgan fingerprint density at radius 3 is 2.30 bits per heavy atom. The zero-order chi connectivity index (χ0) is 30.9. The number of rotatable bonds is 15. The number of likely N-dealkylation sites (tertiary alicyclic amines) is 1. The van der Waals surface area contributed by atoms with E-state index in [1.54, 1.807) is 0 Å². The monoisotopic (exact) mass is 698 g/mol. The van der Waals surface area contributed by atoms with Crippen LogP contribution in [0.4, 0.5) is 0 Å². The van der Waals surface area contributed by atoms with Gasteiger partial charge in [-0.2, -0.15) is 0 Å². The summed E-state index contributed by atoms with van der Waals surface area (Å²) in [7, 11) is 0. The molecule has 4 fully saturated rings. The van der Waals surface area contributed by atoms with E-state index in [4.69, 9.17) is 0 Å². The standard InChI is InChI=1S/C36H47IN2O4/c1-22(16-28(34(37)42)26-12-6-5-7-13-26)20-38-35(43)33(41)27(18-25-14-15-25)17-23(2)32-31-29(36(31,3)4)21-39(32)30(40)19-24-10-8-9-11-24/h5-7,12-13,24-25,27-29,31-32H,1-2,8-11,14-21H2,3-4H3,(H,38,43)/t27?,28-,29?,31?,32?/m0/s1. The number of halogens is 1. The smallest absolute Gasteiger partial charge is 0.287 e. The van der Waals surface area contributed by atoms with Crippen molar-refractivity contribution in [2.24, 2.45) is 35.0 Å². The van der Waals surface area contributed by atoms with Crippen LogP contribution in [-0.4, -0.2) is 45.4 Å². The molecule has 1 heterocycles. The molecule has 3 aliphatic carbocycles. The number of amides is 2. The molecule has 6 nitrogen and oxygen atoms in total. The Morgan fingerprint density at radius 1 is 1.00 bits per heavy atom. The number of nitrogens with one attached hydrogen (secondary N) is 1. The molecule has 1 N–H and O–H groups in total. The van der Waals surface area contributed by atoms with E-state index in [1.807, 2.05) is 52.9 Å². The molecule has 0 radical (unpaired) electrons. The number of hydrogen-bond donors (Lipinski definition) is 1. The lowest BCUT2D eigenvalue weighted by atomic mass is 9.85. The zero-order valence-corrected chi connectivity index (χ0v) is 27.9. The van der Waals surface area contributed by atoms with E-state index in [-0.39, 0.29) is 33.6 Å². The second kappa shape index (κ2) is 13.4. The van der Waals surface area contributed by atoms with Crippen LogP contribution in [0.1, 0.15) is 89.5 Å². The minimum absolute atomic E-state index is 0.0131. The Balaban J connectivity index is 1.20. The van der Waals surface area contributed by atoms with E-state index >= 15 is 0 Å². The van der Waals surface area contributed by atoms with E-state index < -0.39 is 17.6 Å². The number of benzene rings is 1. The van der Waals surface area contributed by atoms with Gasteiger partial charge in [-0.3, -0.25) is 19.2 Å². The highest BCUT2D eigenvalue weighted by molar-refractivity contribution is 14.1. The molecule has 1 saturated heterocycles. The van der Waals surface area contributed by atoms with Crippen LogP contribution in [0.3, 0.4) is 0 Å². The van der Waals surface area contributed by atoms with Gasteiger partial charge in [0.25, 0.3) is 5.91 Å². The fourth-order valence-corrected chi connectivity index (χ4v) is 8.50. The van der Waals surface area contributed by atoms with Crippen LogP contribution in [0.15, 0.2) is 54.6 Å². The molecule has 1 aromatic carbocycles. The van der Waals surface area contributed by atoms with E-state index in [0.717, 1.165) is 43.4 Å². The molecule has 2 amide bonds. The van der Waals surface area contributed by atoms with Crippen molar-refractivity contribution in [3.8, 4) is 0 Å². The molecule has 4 aliphatic rings. The van der Waals surface area contributed by atoms with Crippen LogP contribution in [0.2, 0.25) is 0 Å². The zero-order valence-electron chi connectivity index (χ0n) is 25.8. The first-order valence-corrected chi connectivity index (χ1v) is 17.2. The van der Waals surface area contributed by atoms with Crippen molar-refractivity contribution in [3.63, 3.8) is 0 Å². The van der Waals surface area contributed by atoms with Gasteiger partial charge in [0, 0.05) is 48.0 Å². The highest BCUT2D eigenvalue weighted by Crippen LogP contribution is 2.66. The first-order valence-electron chi connectivity index (χ1n) is 16.2. The molecule has 4 unspecified atom stereocenters.